The molecule has 82 valence electrons. The summed E-state index contributed by atoms with van der Waals surface area (Å²) in [6.45, 7) is 0. The molecular formula is C11H9ClIN3. The van der Waals surface area contributed by atoms with Gasteiger partial charge in [0.2, 0.25) is 0 Å². The first kappa shape index (κ1) is 11.5. The predicted molar refractivity (Wildman–Crippen MR) is 76.1 cm³/mol. The normalized spacial score (nSPS) is 10.1. The standard InChI is InChI=1S/C11H9ClIN3/c12-8-6-7(13)3-4-10(8)16-11-9(14)2-1-5-15-11/h1-6H,14H2,(H,15,16). The molecule has 0 bridgehead atoms. The molecule has 0 amide bonds. The summed E-state index contributed by atoms with van der Waals surface area (Å²) in [5, 5.41) is 3.75. The van der Waals surface area contributed by atoms with Gasteiger partial charge in [-0.3, -0.25) is 0 Å². The number of nitrogens with one attached hydrogen (secondary N) is 1. The van der Waals surface area contributed by atoms with Gasteiger partial charge in [0.25, 0.3) is 0 Å². The highest BCUT2D eigenvalue weighted by atomic mass is 127. The van der Waals surface area contributed by atoms with Crippen molar-refractivity contribution in [2.24, 2.45) is 0 Å². The van der Waals surface area contributed by atoms with E-state index in [9.17, 15) is 0 Å². The summed E-state index contributed by atoms with van der Waals surface area (Å²) in [6, 6.07) is 9.32. The zero-order valence-electron chi connectivity index (χ0n) is 8.24. The van der Waals surface area contributed by atoms with Crippen molar-refractivity contribution in [3.8, 4) is 0 Å². The van der Waals surface area contributed by atoms with Crippen LogP contribution in [0.3, 0.4) is 0 Å². The van der Waals surface area contributed by atoms with Crippen LogP contribution in [0.15, 0.2) is 36.5 Å². The molecule has 0 fully saturated rings. The summed E-state index contributed by atoms with van der Waals surface area (Å²) >= 11 is 8.30. The molecule has 2 aromatic rings. The van der Waals surface area contributed by atoms with Crippen LogP contribution in [-0.4, -0.2) is 4.98 Å². The minimum absolute atomic E-state index is 0.595. The fourth-order valence-electron chi connectivity index (χ4n) is 1.24. The van der Waals surface area contributed by atoms with Crippen LogP contribution in [-0.2, 0) is 0 Å². The molecule has 0 atom stereocenters. The number of pyridine rings is 1. The second-order valence-corrected chi connectivity index (χ2v) is 4.84. The third kappa shape index (κ3) is 2.56. The van der Waals surface area contributed by atoms with Crippen LogP contribution < -0.4 is 11.1 Å². The van der Waals surface area contributed by atoms with E-state index in [1.54, 1.807) is 18.3 Å². The van der Waals surface area contributed by atoms with Gasteiger partial charge in [0, 0.05) is 9.77 Å². The lowest BCUT2D eigenvalue weighted by molar-refractivity contribution is 1.31. The molecule has 2 rings (SSSR count). The quantitative estimate of drug-likeness (QED) is 0.817. The van der Waals surface area contributed by atoms with Crippen LogP contribution in [0.2, 0.25) is 5.02 Å². The maximum absolute atomic E-state index is 6.10. The average Bonchev–Trinajstić information content (AvgIpc) is 2.25. The van der Waals surface area contributed by atoms with Gasteiger partial charge in [0.15, 0.2) is 5.82 Å². The van der Waals surface area contributed by atoms with Crippen molar-refractivity contribution in [3.63, 3.8) is 0 Å². The molecule has 1 aromatic heterocycles. The van der Waals surface area contributed by atoms with Gasteiger partial charge in [-0.2, -0.15) is 0 Å². The largest absolute Gasteiger partial charge is 0.396 e. The average molecular weight is 346 g/mol. The predicted octanol–water partition coefficient (Wildman–Crippen LogP) is 3.67. The molecule has 0 aliphatic carbocycles. The molecule has 5 heteroatoms. The van der Waals surface area contributed by atoms with E-state index in [4.69, 9.17) is 17.3 Å². The van der Waals surface area contributed by atoms with Crippen LogP contribution in [0, 0.1) is 3.57 Å². The third-order valence-electron chi connectivity index (χ3n) is 2.02. The summed E-state index contributed by atoms with van der Waals surface area (Å²) in [4.78, 5) is 4.14. The van der Waals surface area contributed by atoms with Crippen molar-refractivity contribution in [2.75, 3.05) is 11.1 Å². The van der Waals surface area contributed by atoms with Gasteiger partial charge >= 0.3 is 0 Å². The first-order chi connectivity index (χ1) is 7.66. The Kier molecular flexibility index (Phi) is 3.50. The second kappa shape index (κ2) is 4.88. The Bertz CT molecular complexity index is 516. The third-order valence-corrected chi connectivity index (χ3v) is 3.01. The van der Waals surface area contributed by atoms with Gasteiger partial charge in [-0.1, -0.05) is 11.6 Å². The molecule has 0 spiro atoms. The SMILES string of the molecule is Nc1cccnc1Nc1ccc(I)cc1Cl. The summed E-state index contributed by atoms with van der Waals surface area (Å²) in [7, 11) is 0. The second-order valence-electron chi connectivity index (χ2n) is 3.19. The zero-order chi connectivity index (χ0) is 11.5. The Morgan fingerprint density at radius 3 is 2.81 bits per heavy atom. The molecule has 3 nitrogen and oxygen atoms in total. The minimum Gasteiger partial charge on any atom is -0.396 e. The van der Waals surface area contributed by atoms with Gasteiger partial charge in [0.1, 0.15) is 0 Å². The van der Waals surface area contributed by atoms with E-state index in [1.807, 2.05) is 18.2 Å². The topological polar surface area (TPSA) is 50.9 Å². The number of nitrogen functional groups attached to an aromatic ring is 1. The van der Waals surface area contributed by atoms with Gasteiger partial charge in [-0.25, -0.2) is 4.98 Å². The molecular weight excluding hydrogens is 336 g/mol. The number of benzene rings is 1. The number of halogens is 2. The monoisotopic (exact) mass is 345 g/mol. The highest BCUT2D eigenvalue weighted by Crippen LogP contribution is 2.28. The van der Waals surface area contributed by atoms with Crippen LogP contribution in [0.25, 0.3) is 0 Å². The van der Waals surface area contributed by atoms with Crippen LogP contribution in [0.1, 0.15) is 0 Å². The number of hydrogen-bond donors (Lipinski definition) is 2. The molecule has 0 saturated heterocycles. The molecule has 1 heterocycles. The lowest BCUT2D eigenvalue weighted by Crippen LogP contribution is -1.98. The Labute approximate surface area is 112 Å². The number of anilines is 3. The Hall–Kier alpha value is -1.01. The summed E-state index contributed by atoms with van der Waals surface area (Å²) in [6.07, 6.45) is 1.68. The lowest BCUT2D eigenvalue weighted by Gasteiger charge is -2.09. The van der Waals surface area contributed by atoms with Crippen molar-refractivity contribution in [1.29, 1.82) is 0 Å². The van der Waals surface area contributed by atoms with Crippen molar-refractivity contribution in [2.45, 2.75) is 0 Å². The molecule has 0 aliphatic rings. The van der Waals surface area contributed by atoms with Crippen LogP contribution >= 0.6 is 34.2 Å². The summed E-state index contributed by atoms with van der Waals surface area (Å²) in [5.74, 6) is 0.616. The van der Waals surface area contributed by atoms with E-state index in [2.05, 4.69) is 32.9 Å². The zero-order valence-corrected chi connectivity index (χ0v) is 11.2. The Morgan fingerprint density at radius 1 is 1.31 bits per heavy atom. The lowest BCUT2D eigenvalue weighted by atomic mass is 10.3. The number of rotatable bonds is 2. The molecule has 1 aromatic carbocycles. The number of aromatic nitrogens is 1. The molecule has 16 heavy (non-hydrogen) atoms. The highest BCUT2D eigenvalue weighted by Gasteiger charge is 2.04. The van der Waals surface area contributed by atoms with E-state index < -0.39 is 0 Å². The maximum Gasteiger partial charge on any atom is 0.153 e. The van der Waals surface area contributed by atoms with Gasteiger partial charge < -0.3 is 11.1 Å². The Balaban J connectivity index is 2.31. The first-order valence-corrected chi connectivity index (χ1v) is 6.05. The van der Waals surface area contributed by atoms with Crippen molar-refractivity contribution >= 4 is 51.4 Å². The van der Waals surface area contributed by atoms with Gasteiger partial charge in [0.05, 0.1) is 16.4 Å². The summed E-state index contributed by atoms with van der Waals surface area (Å²) < 4.78 is 1.09. The van der Waals surface area contributed by atoms with Crippen molar-refractivity contribution in [1.82, 2.24) is 4.98 Å². The van der Waals surface area contributed by atoms with E-state index >= 15 is 0 Å². The molecule has 0 radical (unpaired) electrons. The number of hydrogen-bond acceptors (Lipinski definition) is 3. The van der Waals surface area contributed by atoms with Crippen molar-refractivity contribution in [3.05, 3.63) is 45.1 Å². The van der Waals surface area contributed by atoms with Crippen LogP contribution in [0.5, 0.6) is 0 Å². The van der Waals surface area contributed by atoms with E-state index in [-0.39, 0.29) is 0 Å². The van der Waals surface area contributed by atoms with Crippen LogP contribution in [0.4, 0.5) is 17.2 Å². The Morgan fingerprint density at radius 2 is 2.12 bits per heavy atom. The highest BCUT2D eigenvalue weighted by molar-refractivity contribution is 14.1. The van der Waals surface area contributed by atoms with E-state index in [0.29, 0.717) is 16.5 Å². The summed E-state index contributed by atoms with van der Waals surface area (Å²) in [5.41, 5.74) is 7.17. The van der Waals surface area contributed by atoms with E-state index in [1.165, 1.54) is 0 Å². The molecule has 0 saturated carbocycles. The van der Waals surface area contributed by atoms with E-state index in [0.717, 1.165) is 9.26 Å². The fraction of sp³-hybridized carbons (Fsp3) is 0. The smallest absolute Gasteiger partial charge is 0.153 e. The van der Waals surface area contributed by atoms with Gasteiger partial charge in [-0.15, -0.1) is 0 Å². The maximum atomic E-state index is 6.10. The number of nitrogens with two attached hydrogens (primary N) is 1. The molecule has 0 aliphatic heterocycles. The minimum atomic E-state index is 0.595. The van der Waals surface area contributed by atoms with Gasteiger partial charge in [-0.05, 0) is 52.9 Å². The molecule has 3 N–H and O–H groups in total. The fourth-order valence-corrected chi connectivity index (χ4v) is 2.14. The number of nitrogens with zero attached hydrogens (tertiary/aromatic N) is 1. The van der Waals surface area contributed by atoms with Crippen molar-refractivity contribution < 1.29 is 0 Å². The first-order valence-electron chi connectivity index (χ1n) is 4.59. The molecule has 0 unspecified atom stereocenters.